The molecule has 0 bridgehead atoms. The summed E-state index contributed by atoms with van der Waals surface area (Å²) in [5.74, 6) is 1.23. The Morgan fingerprint density at radius 2 is 1.79 bits per heavy atom. The van der Waals surface area contributed by atoms with Crippen molar-refractivity contribution >= 4 is 21.1 Å². The molecule has 3 N–H and O–H groups in total. The number of ether oxygens (including phenoxy) is 1. The normalized spacial score (nSPS) is 24.8. The predicted octanol–water partition coefficient (Wildman–Crippen LogP) is 1.45. The lowest BCUT2D eigenvalue weighted by Crippen LogP contribution is -2.34. The van der Waals surface area contributed by atoms with E-state index < -0.39 is 10.0 Å². The molecule has 8 nitrogen and oxygen atoms in total. The molecule has 9 heteroatoms. The second-order valence-corrected chi connectivity index (χ2v) is 9.55. The number of benzene rings is 2. The minimum Gasteiger partial charge on any atom is -0.497 e. The van der Waals surface area contributed by atoms with Gasteiger partial charge in [-0.25, -0.2) is 13.2 Å². The quantitative estimate of drug-likeness (QED) is 0.599. The van der Waals surface area contributed by atoms with Crippen LogP contribution in [0, 0.1) is 11.8 Å². The fourth-order valence-electron chi connectivity index (χ4n) is 4.65. The van der Waals surface area contributed by atoms with E-state index >= 15 is 0 Å². The average molecular weight is 414 g/mol. The highest BCUT2D eigenvalue weighted by molar-refractivity contribution is 7.89. The molecule has 0 radical (unpaired) electrons. The Bertz CT molecular complexity index is 1220. The van der Waals surface area contributed by atoms with Gasteiger partial charge in [0.1, 0.15) is 5.75 Å². The van der Waals surface area contributed by atoms with E-state index in [4.69, 9.17) is 4.74 Å². The Hall–Kier alpha value is -2.62. The summed E-state index contributed by atoms with van der Waals surface area (Å²) in [5, 5.41) is 3.40. The second kappa shape index (κ2) is 6.72. The number of H-pyrrole nitrogens is 2. The molecule has 29 heavy (non-hydrogen) atoms. The van der Waals surface area contributed by atoms with E-state index in [1.54, 1.807) is 23.5 Å². The van der Waals surface area contributed by atoms with Crippen molar-refractivity contribution in [3.05, 3.63) is 58.5 Å². The minimum absolute atomic E-state index is 0.187. The van der Waals surface area contributed by atoms with Crippen LogP contribution in [-0.4, -0.2) is 49.4 Å². The first-order valence-corrected chi connectivity index (χ1v) is 11.0. The monoisotopic (exact) mass is 414 g/mol. The Morgan fingerprint density at radius 3 is 2.55 bits per heavy atom. The maximum Gasteiger partial charge on any atom is 0.323 e. The highest BCUT2D eigenvalue weighted by Crippen LogP contribution is 2.45. The molecule has 0 saturated carbocycles. The highest BCUT2D eigenvalue weighted by Gasteiger charge is 2.49. The van der Waals surface area contributed by atoms with Gasteiger partial charge in [-0.15, -0.1) is 0 Å². The number of rotatable bonds is 4. The first-order chi connectivity index (χ1) is 14.0. The summed E-state index contributed by atoms with van der Waals surface area (Å²) in [6, 6.07) is 12.1. The van der Waals surface area contributed by atoms with Gasteiger partial charge in [0, 0.05) is 13.1 Å². The molecule has 152 valence electrons. The van der Waals surface area contributed by atoms with Crippen molar-refractivity contribution in [1.29, 1.82) is 0 Å². The van der Waals surface area contributed by atoms with Gasteiger partial charge in [0.25, 0.3) is 0 Å². The van der Waals surface area contributed by atoms with Crippen LogP contribution >= 0.6 is 0 Å². The molecule has 0 aliphatic carbocycles. The maximum absolute atomic E-state index is 13.6. The number of fused-ring (bicyclic) bond motifs is 2. The number of hydrogen-bond acceptors (Lipinski definition) is 5. The fraction of sp³-hybridized carbons (Fsp3) is 0.350. The third-order valence-electron chi connectivity index (χ3n) is 6.07. The van der Waals surface area contributed by atoms with E-state index in [1.165, 1.54) is 6.07 Å². The van der Waals surface area contributed by atoms with Crippen LogP contribution in [0.2, 0.25) is 0 Å². The number of nitrogens with zero attached hydrogens (tertiary/aromatic N) is 1. The minimum atomic E-state index is -3.74. The fourth-order valence-corrected chi connectivity index (χ4v) is 6.39. The SMILES string of the molecule is COc1ccc([C@H]2[C@H]3CNC[C@H]3CN2S(=O)(=O)c2ccc3[nH]c(=O)[nH]c3c2)cc1. The van der Waals surface area contributed by atoms with Gasteiger partial charge in [-0.05, 0) is 54.3 Å². The molecule has 0 spiro atoms. The molecule has 5 rings (SSSR count). The summed E-state index contributed by atoms with van der Waals surface area (Å²) in [6.07, 6.45) is 0. The first kappa shape index (κ1) is 18.4. The van der Waals surface area contributed by atoms with Crippen LogP contribution in [0.3, 0.4) is 0 Å². The topological polar surface area (TPSA) is 107 Å². The maximum atomic E-state index is 13.6. The lowest BCUT2D eigenvalue weighted by atomic mass is 9.90. The van der Waals surface area contributed by atoms with Gasteiger partial charge in [0.05, 0.1) is 29.1 Å². The molecule has 2 aliphatic heterocycles. The number of nitrogens with one attached hydrogen (secondary N) is 3. The zero-order chi connectivity index (χ0) is 20.2. The average Bonchev–Trinajstić information content (AvgIpc) is 3.40. The van der Waals surface area contributed by atoms with Crippen LogP contribution in [0.15, 0.2) is 52.2 Å². The molecule has 3 heterocycles. The smallest absolute Gasteiger partial charge is 0.323 e. The molecule has 1 aromatic heterocycles. The van der Waals surface area contributed by atoms with Crippen LogP contribution in [-0.2, 0) is 10.0 Å². The van der Waals surface area contributed by atoms with Crippen LogP contribution in [0.25, 0.3) is 11.0 Å². The molecular formula is C20H22N4O4S. The number of methoxy groups -OCH3 is 1. The van der Waals surface area contributed by atoms with E-state index in [-0.39, 0.29) is 28.5 Å². The predicted molar refractivity (Wildman–Crippen MR) is 108 cm³/mol. The summed E-state index contributed by atoms with van der Waals surface area (Å²) in [7, 11) is -2.13. The Labute approximate surface area is 167 Å². The number of sulfonamides is 1. The standard InChI is InChI=1S/C20H22N4O4S/c1-28-14-4-2-12(3-5-14)19-16-10-21-9-13(16)11-24(19)29(26,27)15-6-7-17-18(8-15)23-20(25)22-17/h2-8,13,16,19,21H,9-11H2,1H3,(H2,22,23,25)/t13-,16-,19-/m0/s1. The third kappa shape index (κ3) is 2.97. The Kier molecular flexibility index (Phi) is 4.27. The van der Waals surface area contributed by atoms with Crippen LogP contribution in [0.5, 0.6) is 5.75 Å². The second-order valence-electron chi connectivity index (χ2n) is 7.66. The van der Waals surface area contributed by atoms with Crippen molar-refractivity contribution in [3.8, 4) is 5.75 Å². The van der Waals surface area contributed by atoms with Crippen molar-refractivity contribution < 1.29 is 13.2 Å². The number of aromatic amines is 2. The molecule has 2 aromatic carbocycles. The molecule has 2 aliphatic rings. The van der Waals surface area contributed by atoms with E-state index in [9.17, 15) is 13.2 Å². The lowest BCUT2D eigenvalue weighted by molar-refractivity contribution is 0.345. The largest absolute Gasteiger partial charge is 0.497 e. The summed E-state index contributed by atoms with van der Waals surface area (Å²) in [6.45, 7) is 2.07. The molecular weight excluding hydrogens is 392 g/mol. The van der Waals surface area contributed by atoms with Gasteiger partial charge in [0.15, 0.2) is 0 Å². The molecule has 2 fully saturated rings. The molecule has 2 saturated heterocycles. The zero-order valence-corrected chi connectivity index (χ0v) is 16.7. The van der Waals surface area contributed by atoms with Crippen molar-refractivity contribution in [2.75, 3.05) is 26.7 Å². The third-order valence-corrected chi connectivity index (χ3v) is 7.92. The van der Waals surface area contributed by atoms with Crippen molar-refractivity contribution in [2.24, 2.45) is 11.8 Å². The van der Waals surface area contributed by atoms with E-state index in [1.807, 2.05) is 24.3 Å². The van der Waals surface area contributed by atoms with Gasteiger partial charge in [-0.1, -0.05) is 12.1 Å². The highest BCUT2D eigenvalue weighted by atomic mass is 32.2. The van der Waals surface area contributed by atoms with Crippen LogP contribution in [0.4, 0.5) is 0 Å². The van der Waals surface area contributed by atoms with Gasteiger partial charge < -0.3 is 20.0 Å². The zero-order valence-electron chi connectivity index (χ0n) is 15.9. The van der Waals surface area contributed by atoms with Crippen molar-refractivity contribution in [2.45, 2.75) is 10.9 Å². The van der Waals surface area contributed by atoms with Crippen molar-refractivity contribution in [1.82, 2.24) is 19.6 Å². The van der Waals surface area contributed by atoms with Gasteiger partial charge in [-0.3, -0.25) is 0 Å². The summed E-state index contributed by atoms with van der Waals surface area (Å²) in [5.41, 5.74) is 1.68. The van der Waals surface area contributed by atoms with E-state index in [2.05, 4.69) is 15.3 Å². The first-order valence-electron chi connectivity index (χ1n) is 9.56. The van der Waals surface area contributed by atoms with E-state index in [0.29, 0.717) is 17.6 Å². The molecule has 3 atom stereocenters. The Morgan fingerprint density at radius 1 is 1.03 bits per heavy atom. The van der Waals surface area contributed by atoms with Crippen LogP contribution < -0.4 is 15.7 Å². The number of aromatic nitrogens is 2. The number of hydrogen-bond donors (Lipinski definition) is 3. The van der Waals surface area contributed by atoms with Crippen LogP contribution in [0.1, 0.15) is 11.6 Å². The number of imidazole rings is 1. The molecule has 0 amide bonds. The summed E-state index contributed by atoms with van der Waals surface area (Å²) >= 11 is 0. The van der Waals surface area contributed by atoms with Gasteiger partial charge >= 0.3 is 5.69 Å². The lowest BCUT2D eigenvalue weighted by Gasteiger charge is -2.28. The van der Waals surface area contributed by atoms with E-state index in [0.717, 1.165) is 24.4 Å². The Balaban J connectivity index is 1.57. The summed E-state index contributed by atoms with van der Waals surface area (Å²) in [4.78, 5) is 17.0. The summed E-state index contributed by atoms with van der Waals surface area (Å²) < 4.78 is 34.1. The molecule has 0 unspecified atom stereocenters. The molecule has 3 aromatic rings. The van der Waals surface area contributed by atoms with Gasteiger partial charge in [-0.2, -0.15) is 4.31 Å². The van der Waals surface area contributed by atoms with Gasteiger partial charge in [0.2, 0.25) is 10.0 Å². The van der Waals surface area contributed by atoms with Crippen molar-refractivity contribution in [3.63, 3.8) is 0 Å².